The van der Waals surface area contributed by atoms with Gasteiger partial charge in [0.25, 0.3) is 11.7 Å². The monoisotopic (exact) mass is 526 g/mol. The molecule has 0 bridgehead atoms. The lowest BCUT2D eigenvalue weighted by atomic mass is 9.93. The maximum Gasteiger partial charge on any atom is 0.299 e. The first kappa shape index (κ1) is 27.6. The van der Waals surface area contributed by atoms with Gasteiger partial charge < -0.3 is 15.1 Å². The van der Waals surface area contributed by atoms with Gasteiger partial charge in [0, 0.05) is 32.0 Å². The van der Waals surface area contributed by atoms with E-state index in [1.807, 2.05) is 81.4 Å². The number of para-hydroxylation sites is 1. The summed E-state index contributed by atoms with van der Waals surface area (Å²) >= 11 is 0. The van der Waals surface area contributed by atoms with Crippen LogP contribution in [0.15, 0.2) is 72.8 Å². The number of amides is 3. The number of carbonyl (C=O) groups is 4. The van der Waals surface area contributed by atoms with Gasteiger partial charge in [-0.3, -0.25) is 24.1 Å². The van der Waals surface area contributed by atoms with Gasteiger partial charge in [0.15, 0.2) is 0 Å². The van der Waals surface area contributed by atoms with E-state index in [-0.39, 0.29) is 24.6 Å². The molecule has 1 N–H and O–H groups in total. The van der Waals surface area contributed by atoms with E-state index in [1.54, 1.807) is 31.2 Å². The van der Waals surface area contributed by atoms with Crippen LogP contribution >= 0.6 is 0 Å². The first-order valence-corrected chi connectivity index (χ1v) is 12.9. The summed E-state index contributed by atoms with van der Waals surface area (Å²) in [4.78, 5) is 57.7. The van der Waals surface area contributed by atoms with E-state index in [9.17, 15) is 19.2 Å². The number of rotatable bonds is 9. The Morgan fingerprint density at radius 3 is 2.18 bits per heavy atom. The van der Waals surface area contributed by atoms with Gasteiger partial charge in [-0.1, -0.05) is 48.9 Å². The summed E-state index contributed by atoms with van der Waals surface area (Å²) in [6, 6.07) is 21.8. The smallest absolute Gasteiger partial charge is 0.299 e. The van der Waals surface area contributed by atoms with Crippen molar-refractivity contribution in [3.63, 3.8) is 0 Å². The zero-order valence-electron chi connectivity index (χ0n) is 23.0. The molecule has 0 aliphatic carbocycles. The van der Waals surface area contributed by atoms with E-state index >= 15 is 0 Å². The molecule has 8 heteroatoms. The third-order valence-electron chi connectivity index (χ3n) is 7.35. The van der Waals surface area contributed by atoms with Gasteiger partial charge in [0.2, 0.25) is 11.8 Å². The van der Waals surface area contributed by atoms with E-state index in [2.05, 4.69) is 5.32 Å². The van der Waals surface area contributed by atoms with Crippen molar-refractivity contribution in [2.45, 2.75) is 39.3 Å². The summed E-state index contributed by atoms with van der Waals surface area (Å²) < 4.78 is 0. The number of nitrogens with one attached hydrogen (secondary N) is 1. The van der Waals surface area contributed by atoms with Crippen LogP contribution in [0.3, 0.4) is 0 Å². The van der Waals surface area contributed by atoms with E-state index in [0.29, 0.717) is 17.8 Å². The molecule has 1 atom stereocenters. The fraction of sp³-hybridized carbons (Fsp3) is 0.290. The van der Waals surface area contributed by atoms with Crippen molar-refractivity contribution < 1.29 is 19.2 Å². The third kappa shape index (κ3) is 5.55. The normalized spacial score (nSPS) is 14.0. The average molecular weight is 527 g/mol. The highest BCUT2D eigenvalue weighted by Gasteiger charge is 2.43. The largest absolute Gasteiger partial charge is 0.378 e. The summed E-state index contributed by atoms with van der Waals surface area (Å²) in [5, 5.41) is 2.97. The third-order valence-corrected chi connectivity index (χ3v) is 7.35. The predicted octanol–water partition coefficient (Wildman–Crippen LogP) is 4.43. The molecule has 0 saturated carbocycles. The highest BCUT2D eigenvalue weighted by atomic mass is 16.2. The Morgan fingerprint density at radius 1 is 0.923 bits per heavy atom. The number of carbonyl (C=O) groups excluding carboxylic acids is 4. The van der Waals surface area contributed by atoms with Gasteiger partial charge in [0.05, 0.1) is 11.3 Å². The van der Waals surface area contributed by atoms with Crippen LogP contribution in [-0.2, 0) is 20.9 Å². The maximum atomic E-state index is 13.9. The molecule has 8 nitrogen and oxygen atoms in total. The molecule has 39 heavy (non-hydrogen) atoms. The fourth-order valence-corrected chi connectivity index (χ4v) is 4.62. The second-order valence-electron chi connectivity index (χ2n) is 10.2. The topological polar surface area (TPSA) is 90.0 Å². The Balaban J connectivity index is 1.65. The molecule has 4 rings (SSSR count). The standard InChI is InChI=1S/C31H34N4O4/c1-6-31(3,30(39)32-23-15-17-24(18-16-23)33(4)5)35(19-22-13-11-21(2)12-14-22)27(36)20-34-26-10-8-7-9-25(26)28(37)29(34)38/h7-18H,6,19-20H2,1-5H3,(H,32,39). The predicted molar refractivity (Wildman–Crippen MR) is 153 cm³/mol. The Hall–Kier alpha value is -4.46. The van der Waals surface area contributed by atoms with Crippen LogP contribution in [0.2, 0.25) is 0 Å². The Morgan fingerprint density at radius 2 is 1.56 bits per heavy atom. The van der Waals surface area contributed by atoms with Crippen molar-refractivity contribution in [3.05, 3.63) is 89.5 Å². The van der Waals surface area contributed by atoms with E-state index in [1.165, 1.54) is 9.80 Å². The van der Waals surface area contributed by atoms with Gasteiger partial charge in [0.1, 0.15) is 12.1 Å². The maximum absolute atomic E-state index is 13.9. The second kappa shape index (κ2) is 11.1. The van der Waals surface area contributed by atoms with Crippen molar-refractivity contribution in [2.75, 3.05) is 35.8 Å². The van der Waals surface area contributed by atoms with Gasteiger partial charge in [-0.25, -0.2) is 0 Å². The van der Waals surface area contributed by atoms with Gasteiger partial charge in [-0.15, -0.1) is 0 Å². The molecule has 1 aliphatic heterocycles. The van der Waals surface area contributed by atoms with Crippen LogP contribution in [0.1, 0.15) is 41.8 Å². The van der Waals surface area contributed by atoms with Crippen LogP contribution in [0.25, 0.3) is 0 Å². The number of ketones is 1. The summed E-state index contributed by atoms with van der Waals surface area (Å²) in [5.41, 5.74) is 2.97. The van der Waals surface area contributed by atoms with E-state index in [0.717, 1.165) is 16.8 Å². The molecule has 3 aromatic rings. The van der Waals surface area contributed by atoms with Crippen LogP contribution < -0.4 is 15.1 Å². The molecule has 0 spiro atoms. The minimum absolute atomic E-state index is 0.161. The summed E-state index contributed by atoms with van der Waals surface area (Å²) in [6.07, 6.45) is 0.329. The van der Waals surface area contributed by atoms with Gasteiger partial charge in [-0.2, -0.15) is 0 Å². The molecule has 0 aromatic heterocycles. The number of anilines is 3. The lowest BCUT2D eigenvalue weighted by molar-refractivity contribution is -0.145. The van der Waals surface area contributed by atoms with Crippen molar-refractivity contribution in [1.82, 2.24) is 4.90 Å². The molecular weight excluding hydrogens is 492 g/mol. The number of Topliss-reactive ketones (excluding diaryl/α,β-unsaturated/α-hetero) is 1. The lowest BCUT2D eigenvalue weighted by Crippen LogP contribution is -2.58. The van der Waals surface area contributed by atoms with Crippen molar-refractivity contribution in [1.29, 1.82) is 0 Å². The number of benzene rings is 3. The first-order valence-electron chi connectivity index (χ1n) is 12.9. The molecule has 202 valence electrons. The molecular formula is C31H34N4O4. The Kier molecular flexibility index (Phi) is 7.85. The molecule has 1 heterocycles. The average Bonchev–Trinajstić information content (AvgIpc) is 3.17. The first-order chi connectivity index (χ1) is 18.5. The molecule has 3 amide bonds. The Bertz CT molecular complexity index is 1400. The van der Waals surface area contributed by atoms with Crippen LogP contribution in [0, 0.1) is 6.92 Å². The molecule has 0 fully saturated rings. The van der Waals surface area contributed by atoms with Gasteiger partial charge in [-0.05, 0) is 62.2 Å². The summed E-state index contributed by atoms with van der Waals surface area (Å²) in [7, 11) is 3.88. The Labute approximate surface area is 229 Å². The highest BCUT2D eigenvalue weighted by molar-refractivity contribution is 6.52. The molecule has 1 unspecified atom stereocenters. The zero-order valence-corrected chi connectivity index (χ0v) is 23.0. The second-order valence-corrected chi connectivity index (χ2v) is 10.2. The number of fused-ring (bicyclic) bond motifs is 1. The van der Waals surface area contributed by atoms with E-state index in [4.69, 9.17) is 0 Å². The fourth-order valence-electron chi connectivity index (χ4n) is 4.62. The number of hydrogen-bond acceptors (Lipinski definition) is 5. The number of aryl methyl sites for hydroxylation is 1. The highest BCUT2D eigenvalue weighted by Crippen LogP contribution is 2.30. The van der Waals surface area contributed by atoms with Crippen LogP contribution in [-0.4, -0.2) is 54.6 Å². The van der Waals surface area contributed by atoms with E-state index < -0.39 is 23.1 Å². The van der Waals surface area contributed by atoms with Crippen molar-refractivity contribution in [3.8, 4) is 0 Å². The quantitative estimate of drug-likeness (QED) is 0.417. The molecule has 0 saturated heterocycles. The number of hydrogen-bond donors (Lipinski definition) is 1. The lowest BCUT2D eigenvalue weighted by Gasteiger charge is -2.40. The zero-order chi connectivity index (χ0) is 28.3. The van der Waals surface area contributed by atoms with Crippen molar-refractivity contribution in [2.24, 2.45) is 0 Å². The summed E-state index contributed by atoms with van der Waals surface area (Å²) in [6.45, 7) is 5.37. The molecule has 3 aromatic carbocycles. The summed E-state index contributed by atoms with van der Waals surface area (Å²) in [5.74, 6) is -2.16. The van der Waals surface area contributed by atoms with Crippen LogP contribution in [0.5, 0.6) is 0 Å². The van der Waals surface area contributed by atoms with Gasteiger partial charge >= 0.3 is 0 Å². The minimum atomic E-state index is -1.24. The van der Waals surface area contributed by atoms with Crippen molar-refractivity contribution >= 4 is 40.6 Å². The van der Waals surface area contributed by atoms with Crippen LogP contribution in [0.4, 0.5) is 17.1 Å². The molecule has 1 aliphatic rings. The molecule has 0 radical (unpaired) electrons. The SMILES string of the molecule is CCC(C)(C(=O)Nc1ccc(N(C)C)cc1)N(Cc1ccc(C)cc1)C(=O)CN1C(=O)C(=O)c2ccccc21. The minimum Gasteiger partial charge on any atom is -0.378 e. The number of nitrogens with zero attached hydrogens (tertiary/aromatic N) is 3.